The molecule has 4 rings (SSSR count). The van der Waals surface area contributed by atoms with Crippen LogP contribution in [-0.4, -0.2) is 20.7 Å². The van der Waals surface area contributed by atoms with Gasteiger partial charge in [-0.2, -0.15) is 5.10 Å². The van der Waals surface area contributed by atoms with Crippen molar-refractivity contribution in [2.75, 3.05) is 0 Å². The summed E-state index contributed by atoms with van der Waals surface area (Å²) in [6.45, 7) is 2.54. The van der Waals surface area contributed by atoms with E-state index in [1.54, 1.807) is 28.3 Å². The maximum atomic E-state index is 12.5. The summed E-state index contributed by atoms with van der Waals surface area (Å²) in [6, 6.07) is 5.37. The number of aromatic nitrogens is 3. The molecule has 1 fully saturated rings. The Kier molecular flexibility index (Phi) is 3.93. The van der Waals surface area contributed by atoms with E-state index in [1.165, 1.54) is 0 Å². The molecule has 1 saturated carbocycles. The lowest BCUT2D eigenvalue weighted by molar-refractivity contribution is 0.0901. The third-order valence-electron chi connectivity index (χ3n) is 4.05. The Morgan fingerprint density at radius 2 is 2.38 bits per heavy atom. The smallest absolute Gasteiger partial charge is 0.287 e. The molecule has 0 unspecified atom stereocenters. The molecular formula is C17H18N4O2S. The first-order valence-electron chi connectivity index (χ1n) is 7.98. The van der Waals surface area contributed by atoms with Crippen molar-refractivity contribution in [3.8, 4) is 0 Å². The highest BCUT2D eigenvalue weighted by molar-refractivity contribution is 7.11. The molecule has 7 heteroatoms. The van der Waals surface area contributed by atoms with E-state index in [0.717, 1.165) is 22.7 Å². The van der Waals surface area contributed by atoms with Gasteiger partial charge in [0.15, 0.2) is 5.76 Å². The Balaban J connectivity index is 1.46. The quantitative estimate of drug-likeness (QED) is 0.747. The number of amides is 1. The van der Waals surface area contributed by atoms with Gasteiger partial charge in [-0.3, -0.25) is 9.48 Å². The minimum Gasteiger partial charge on any atom is -0.454 e. The SMILES string of the molecule is Cc1cnc([C@@H](NC(=O)c2ccc(Cn3cccn3)o2)C2CC2)s1. The van der Waals surface area contributed by atoms with Crippen LogP contribution in [0.25, 0.3) is 0 Å². The monoisotopic (exact) mass is 342 g/mol. The van der Waals surface area contributed by atoms with Gasteiger partial charge in [-0.1, -0.05) is 0 Å². The lowest BCUT2D eigenvalue weighted by atomic mass is 10.2. The first-order chi connectivity index (χ1) is 11.7. The Hall–Kier alpha value is -2.41. The van der Waals surface area contributed by atoms with Crippen molar-refractivity contribution in [1.82, 2.24) is 20.1 Å². The Labute approximate surface area is 143 Å². The Bertz CT molecular complexity index is 833. The van der Waals surface area contributed by atoms with Gasteiger partial charge in [-0.05, 0) is 43.9 Å². The third-order valence-corrected chi connectivity index (χ3v) is 5.04. The van der Waals surface area contributed by atoms with Gasteiger partial charge in [0.2, 0.25) is 0 Å². The van der Waals surface area contributed by atoms with Gasteiger partial charge in [-0.15, -0.1) is 11.3 Å². The number of nitrogens with zero attached hydrogens (tertiary/aromatic N) is 3. The minimum absolute atomic E-state index is 0.0177. The van der Waals surface area contributed by atoms with Gasteiger partial charge in [0.1, 0.15) is 10.8 Å². The Morgan fingerprint density at radius 3 is 3.04 bits per heavy atom. The van der Waals surface area contributed by atoms with Crippen LogP contribution >= 0.6 is 11.3 Å². The molecule has 24 heavy (non-hydrogen) atoms. The largest absolute Gasteiger partial charge is 0.454 e. The summed E-state index contributed by atoms with van der Waals surface area (Å²) in [6.07, 6.45) is 7.69. The number of carbonyl (C=O) groups excluding carboxylic acids is 1. The summed E-state index contributed by atoms with van der Waals surface area (Å²) >= 11 is 1.64. The number of nitrogens with one attached hydrogen (secondary N) is 1. The molecule has 0 bridgehead atoms. The van der Waals surface area contributed by atoms with E-state index in [9.17, 15) is 4.79 Å². The van der Waals surface area contributed by atoms with Crippen molar-refractivity contribution >= 4 is 17.2 Å². The van der Waals surface area contributed by atoms with E-state index >= 15 is 0 Å². The van der Waals surface area contributed by atoms with Crippen molar-refractivity contribution in [2.24, 2.45) is 5.92 Å². The van der Waals surface area contributed by atoms with Gasteiger partial charge in [0.05, 0.1) is 12.6 Å². The lowest BCUT2D eigenvalue weighted by Gasteiger charge is -2.14. The molecule has 124 valence electrons. The van der Waals surface area contributed by atoms with Crippen LogP contribution in [-0.2, 0) is 6.54 Å². The first kappa shape index (κ1) is 15.1. The van der Waals surface area contributed by atoms with E-state index in [-0.39, 0.29) is 11.9 Å². The molecule has 3 heterocycles. The summed E-state index contributed by atoms with van der Waals surface area (Å²) in [7, 11) is 0. The van der Waals surface area contributed by atoms with Gasteiger partial charge >= 0.3 is 0 Å². The average Bonchev–Trinajstić information content (AvgIpc) is 2.96. The number of aryl methyl sites for hydroxylation is 1. The van der Waals surface area contributed by atoms with Crippen molar-refractivity contribution < 1.29 is 9.21 Å². The van der Waals surface area contributed by atoms with Crippen molar-refractivity contribution in [1.29, 1.82) is 0 Å². The molecule has 0 aromatic carbocycles. The standard InChI is InChI=1S/C17H18N4O2S/c1-11-9-18-17(24-11)15(12-3-4-12)20-16(22)14-6-5-13(23-14)10-21-8-2-7-19-21/h2,5-9,12,15H,3-4,10H2,1H3,(H,20,22)/t15-/m0/s1. The number of furan rings is 1. The fraction of sp³-hybridized carbons (Fsp3) is 0.353. The van der Waals surface area contributed by atoms with Crippen LogP contribution in [0.4, 0.5) is 0 Å². The molecule has 0 saturated heterocycles. The maximum Gasteiger partial charge on any atom is 0.287 e. The van der Waals surface area contributed by atoms with Crippen molar-refractivity contribution in [3.63, 3.8) is 0 Å². The van der Waals surface area contributed by atoms with Crippen molar-refractivity contribution in [2.45, 2.75) is 32.4 Å². The second kappa shape index (κ2) is 6.24. The maximum absolute atomic E-state index is 12.5. The molecule has 6 nitrogen and oxygen atoms in total. The molecule has 0 spiro atoms. The zero-order chi connectivity index (χ0) is 16.5. The number of carbonyl (C=O) groups is 1. The highest BCUT2D eigenvalue weighted by Crippen LogP contribution is 2.42. The minimum atomic E-state index is -0.188. The zero-order valence-corrected chi connectivity index (χ0v) is 14.1. The molecule has 1 N–H and O–H groups in total. The summed E-state index contributed by atoms with van der Waals surface area (Å²) in [5, 5.41) is 8.20. The molecule has 3 aromatic rings. The summed E-state index contributed by atoms with van der Waals surface area (Å²) in [5.74, 6) is 1.33. The van der Waals surface area contributed by atoms with Crippen LogP contribution in [0, 0.1) is 12.8 Å². The van der Waals surface area contributed by atoms with E-state index in [2.05, 4.69) is 15.4 Å². The molecule has 3 aromatic heterocycles. The third kappa shape index (κ3) is 3.26. The molecule has 1 atom stereocenters. The second-order valence-corrected chi connectivity index (χ2v) is 7.33. The van der Waals surface area contributed by atoms with Gasteiger partial charge in [0, 0.05) is 23.5 Å². The number of hydrogen-bond acceptors (Lipinski definition) is 5. The topological polar surface area (TPSA) is 73.0 Å². The number of thiazole rings is 1. The first-order valence-corrected chi connectivity index (χ1v) is 8.80. The summed E-state index contributed by atoms with van der Waals surface area (Å²) in [4.78, 5) is 18.1. The van der Waals surface area contributed by atoms with Gasteiger partial charge in [0.25, 0.3) is 5.91 Å². The average molecular weight is 342 g/mol. The van der Waals surface area contributed by atoms with Crippen LogP contribution in [0.15, 0.2) is 41.2 Å². The normalized spacial score (nSPS) is 15.4. The van der Waals surface area contributed by atoms with E-state index in [0.29, 0.717) is 24.0 Å². The molecule has 0 aliphatic heterocycles. The fourth-order valence-electron chi connectivity index (χ4n) is 2.68. The van der Waals surface area contributed by atoms with Crippen LogP contribution in [0.5, 0.6) is 0 Å². The molecular weight excluding hydrogens is 324 g/mol. The van der Waals surface area contributed by atoms with Crippen LogP contribution in [0.1, 0.15) is 45.1 Å². The molecule has 0 radical (unpaired) electrons. The summed E-state index contributed by atoms with van der Waals surface area (Å²) in [5.41, 5.74) is 0. The van der Waals surface area contributed by atoms with Crippen molar-refractivity contribution in [3.05, 3.63) is 58.2 Å². The zero-order valence-electron chi connectivity index (χ0n) is 13.3. The van der Waals surface area contributed by atoms with Crippen LogP contribution < -0.4 is 5.32 Å². The highest BCUT2D eigenvalue weighted by Gasteiger charge is 2.35. The molecule has 1 aliphatic carbocycles. The fourth-order valence-corrected chi connectivity index (χ4v) is 3.60. The lowest BCUT2D eigenvalue weighted by Crippen LogP contribution is -2.29. The van der Waals surface area contributed by atoms with E-state index < -0.39 is 0 Å². The van der Waals surface area contributed by atoms with Gasteiger partial charge < -0.3 is 9.73 Å². The number of rotatable bonds is 6. The van der Waals surface area contributed by atoms with Crippen LogP contribution in [0.3, 0.4) is 0 Å². The predicted octanol–water partition coefficient (Wildman–Crippen LogP) is 3.17. The highest BCUT2D eigenvalue weighted by atomic mass is 32.1. The second-order valence-electron chi connectivity index (χ2n) is 6.07. The van der Waals surface area contributed by atoms with Gasteiger partial charge in [-0.25, -0.2) is 4.98 Å². The molecule has 1 amide bonds. The van der Waals surface area contributed by atoms with E-state index in [1.807, 2.05) is 31.5 Å². The Morgan fingerprint density at radius 1 is 1.50 bits per heavy atom. The molecule has 1 aliphatic rings. The summed E-state index contributed by atoms with van der Waals surface area (Å²) < 4.78 is 7.43. The predicted molar refractivity (Wildman–Crippen MR) is 89.8 cm³/mol. The number of hydrogen-bond donors (Lipinski definition) is 1. The van der Waals surface area contributed by atoms with E-state index in [4.69, 9.17) is 4.42 Å². The van der Waals surface area contributed by atoms with Crippen LogP contribution in [0.2, 0.25) is 0 Å².